The molecule has 1 aromatic rings. The van der Waals surface area contributed by atoms with Crippen LogP contribution in [0.5, 0.6) is 0 Å². The van der Waals surface area contributed by atoms with E-state index in [1.54, 1.807) is 12.1 Å². The molecule has 0 unspecified atom stereocenters. The summed E-state index contributed by atoms with van der Waals surface area (Å²) in [5.74, 6) is -0.758. The van der Waals surface area contributed by atoms with E-state index in [0.717, 1.165) is 25.9 Å². The normalized spacial score (nSPS) is 17.6. The van der Waals surface area contributed by atoms with Gasteiger partial charge >= 0.3 is 5.97 Å². The Morgan fingerprint density at radius 1 is 1.42 bits per heavy atom. The van der Waals surface area contributed by atoms with E-state index < -0.39 is 5.97 Å². The fraction of sp³-hybridized carbons (Fsp3) is 0.500. The van der Waals surface area contributed by atoms with Crippen molar-refractivity contribution in [1.29, 1.82) is 0 Å². The van der Waals surface area contributed by atoms with E-state index in [4.69, 9.17) is 16.7 Å². The topological polar surface area (TPSA) is 40.5 Å². The molecule has 0 aromatic heterocycles. The van der Waals surface area contributed by atoms with E-state index in [1.807, 2.05) is 0 Å². The van der Waals surface area contributed by atoms with E-state index in [1.165, 1.54) is 6.07 Å². The molecule has 1 aromatic carbocycles. The highest BCUT2D eigenvalue weighted by Gasteiger charge is 2.21. The first-order valence-corrected chi connectivity index (χ1v) is 6.80. The number of hydrogen-bond donors (Lipinski definition) is 1. The van der Waals surface area contributed by atoms with E-state index in [-0.39, 0.29) is 18.2 Å². The van der Waals surface area contributed by atoms with Crippen molar-refractivity contribution in [2.75, 3.05) is 13.1 Å². The molecule has 1 fully saturated rings. The second-order valence-electron chi connectivity index (χ2n) is 5.05. The summed E-state index contributed by atoms with van der Waals surface area (Å²) in [6.07, 6.45) is 1.96. The molecule has 0 spiro atoms. The summed E-state index contributed by atoms with van der Waals surface area (Å²) in [6, 6.07) is 4.73. The van der Waals surface area contributed by atoms with Gasteiger partial charge in [-0.1, -0.05) is 17.7 Å². The van der Waals surface area contributed by atoms with Gasteiger partial charge in [-0.15, -0.1) is 0 Å². The van der Waals surface area contributed by atoms with Crippen molar-refractivity contribution in [3.05, 3.63) is 34.6 Å². The predicted molar refractivity (Wildman–Crippen MR) is 71.7 cm³/mol. The smallest absolute Gasteiger partial charge is 0.303 e. The summed E-state index contributed by atoms with van der Waals surface area (Å²) >= 11 is 5.72. The average molecular weight is 286 g/mol. The van der Waals surface area contributed by atoms with E-state index in [9.17, 15) is 9.18 Å². The summed E-state index contributed by atoms with van der Waals surface area (Å²) in [5.41, 5.74) is 0.640. The van der Waals surface area contributed by atoms with Crippen LogP contribution in [0.15, 0.2) is 18.2 Å². The fourth-order valence-corrected chi connectivity index (χ4v) is 2.65. The molecule has 1 aliphatic rings. The monoisotopic (exact) mass is 285 g/mol. The highest BCUT2D eigenvalue weighted by molar-refractivity contribution is 6.30. The second-order valence-corrected chi connectivity index (χ2v) is 5.49. The Morgan fingerprint density at radius 3 is 2.68 bits per heavy atom. The maximum Gasteiger partial charge on any atom is 0.303 e. The van der Waals surface area contributed by atoms with Gasteiger partial charge in [-0.05, 0) is 44.0 Å². The number of halogens is 2. The molecule has 104 valence electrons. The molecule has 1 N–H and O–H groups in total. The fourth-order valence-electron chi connectivity index (χ4n) is 2.49. The van der Waals surface area contributed by atoms with Crippen molar-refractivity contribution >= 4 is 17.6 Å². The molecule has 2 rings (SSSR count). The van der Waals surface area contributed by atoms with Crippen LogP contribution in [0.2, 0.25) is 5.02 Å². The molecular formula is C14H17ClFNO2. The lowest BCUT2D eigenvalue weighted by Crippen LogP contribution is -2.34. The zero-order valence-corrected chi connectivity index (χ0v) is 11.4. The van der Waals surface area contributed by atoms with Gasteiger partial charge in [0.05, 0.1) is 0 Å². The summed E-state index contributed by atoms with van der Waals surface area (Å²) < 4.78 is 13.7. The first-order valence-electron chi connectivity index (χ1n) is 6.42. The number of hydrogen-bond acceptors (Lipinski definition) is 2. The number of aliphatic carboxylic acids is 1. The van der Waals surface area contributed by atoms with E-state index in [2.05, 4.69) is 4.90 Å². The van der Waals surface area contributed by atoms with Crippen molar-refractivity contribution in [3.63, 3.8) is 0 Å². The van der Waals surface area contributed by atoms with Crippen molar-refractivity contribution in [2.24, 2.45) is 5.92 Å². The minimum atomic E-state index is -0.734. The van der Waals surface area contributed by atoms with Crippen LogP contribution in [0.3, 0.4) is 0 Å². The van der Waals surface area contributed by atoms with Gasteiger partial charge in [-0.2, -0.15) is 0 Å². The molecular weight excluding hydrogens is 269 g/mol. The van der Waals surface area contributed by atoms with Crippen molar-refractivity contribution < 1.29 is 14.3 Å². The van der Waals surface area contributed by atoms with Crippen LogP contribution in [-0.4, -0.2) is 29.1 Å². The molecule has 0 amide bonds. The highest BCUT2D eigenvalue weighted by Crippen LogP contribution is 2.23. The number of piperidine rings is 1. The second kappa shape index (κ2) is 6.35. The third-order valence-electron chi connectivity index (χ3n) is 3.58. The SMILES string of the molecule is O=C(O)CC1CCN(Cc2ccc(Cl)cc2F)CC1. The molecule has 3 nitrogen and oxygen atoms in total. The van der Waals surface area contributed by atoms with Gasteiger partial charge in [0.2, 0.25) is 0 Å². The van der Waals surface area contributed by atoms with Gasteiger partial charge < -0.3 is 5.11 Å². The molecule has 0 saturated carbocycles. The maximum absolute atomic E-state index is 13.7. The summed E-state index contributed by atoms with van der Waals surface area (Å²) in [5, 5.41) is 9.16. The Morgan fingerprint density at radius 2 is 2.11 bits per heavy atom. The lowest BCUT2D eigenvalue weighted by molar-refractivity contribution is -0.138. The first-order chi connectivity index (χ1) is 9.04. The lowest BCUT2D eigenvalue weighted by Gasteiger charge is -2.31. The van der Waals surface area contributed by atoms with Gasteiger partial charge in [0.25, 0.3) is 0 Å². The lowest BCUT2D eigenvalue weighted by atomic mass is 9.93. The Labute approximate surface area is 117 Å². The first kappa shape index (κ1) is 14.3. The standard InChI is InChI=1S/C14H17ClFNO2/c15-12-2-1-11(13(16)8-12)9-17-5-3-10(4-6-17)7-14(18)19/h1-2,8,10H,3-7,9H2,(H,18,19). The van der Waals surface area contributed by atoms with Crippen LogP contribution in [-0.2, 0) is 11.3 Å². The van der Waals surface area contributed by atoms with Gasteiger partial charge in [0.1, 0.15) is 5.82 Å². The van der Waals surface area contributed by atoms with Gasteiger partial charge in [-0.3, -0.25) is 9.69 Å². The summed E-state index contributed by atoms with van der Waals surface area (Å²) in [6.45, 7) is 2.20. The van der Waals surface area contributed by atoms with Crippen molar-refractivity contribution in [3.8, 4) is 0 Å². The third-order valence-corrected chi connectivity index (χ3v) is 3.81. The molecule has 0 radical (unpaired) electrons. The van der Waals surface area contributed by atoms with E-state index >= 15 is 0 Å². The zero-order valence-electron chi connectivity index (χ0n) is 10.6. The van der Waals surface area contributed by atoms with Crippen molar-refractivity contribution in [2.45, 2.75) is 25.8 Å². The maximum atomic E-state index is 13.7. The number of carboxylic acids is 1. The molecule has 1 heterocycles. The van der Waals surface area contributed by atoms with Gasteiger partial charge in [0.15, 0.2) is 0 Å². The number of benzene rings is 1. The summed E-state index contributed by atoms with van der Waals surface area (Å²) in [7, 11) is 0. The predicted octanol–water partition coefficient (Wildman–Crippen LogP) is 3.17. The molecule has 0 aliphatic carbocycles. The number of likely N-dealkylation sites (tertiary alicyclic amines) is 1. The summed E-state index contributed by atoms with van der Waals surface area (Å²) in [4.78, 5) is 12.8. The highest BCUT2D eigenvalue weighted by atomic mass is 35.5. The Kier molecular flexibility index (Phi) is 4.77. The molecule has 0 bridgehead atoms. The van der Waals surface area contributed by atoms with Crippen LogP contribution < -0.4 is 0 Å². The number of nitrogens with zero attached hydrogens (tertiary/aromatic N) is 1. The van der Waals surface area contributed by atoms with Crippen LogP contribution in [0, 0.1) is 11.7 Å². The van der Waals surface area contributed by atoms with Crippen LogP contribution in [0.1, 0.15) is 24.8 Å². The molecule has 0 atom stereocenters. The Bertz CT molecular complexity index is 459. The van der Waals surface area contributed by atoms with Crippen molar-refractivity contribution in [1.82, 2.24) is 4.90 Å². The number of carbonyl (C=O) groups is 1. The van der Waals surface area contributed by atoms with Crippen LogP contribution >= 0.6 is 11.6 Å². The molecule has 19 heavy (non-hydrogen) atoms. The van der Waals surface area contributed by atoms with Gasteiger partial charge in [0, 0.05) is 23.6 Å². The quantitative estimate of drug-likeness (QED) is 0.924. The zero-order chi connectivity index (χ0) is 13.8. The number of carboxylic acid groups (broad SMARTS) is 1. The minimum Gasteiger partial charge on any atom is -0.481 e. The van der Waals surface area contributed by atoms with Crippen LogP contribution in [0.25, 0.3) is 0 Å². The minimum absolute atomic E-state index is 0.239. The number of rotatable bonds is 4. The largest absolute Gasteiger partial charge is 0.481 e. The Hall–Kier alpha value is -1.13. The molecule has 1 aliphatic heterocycles. The molecule has 5 heteroatoms. The average Bonchev–Trinajstić information content (AvgIpc) is 2.34. The third kappa shape index (κ3) is 4.18. The van der Waals surface area contributed by atoms with Crippen LogP contribution in [0.4, 0.5) is 4.39 Å². The molecule has 1 saturated heterocycles. The van der Waals surface area contributed by atoms with E-state index in [0.29, 0.717) is 17.1 Å². The Balaban J connectivity index is 1.87. The van der Waals surface area contributed by atoms with Gasteiger partial charge in [-0.25, -0.2) is 4.39 Å².